The smallest absolute Gasteiger partial charge is 0.340 e. The van der Waals surface area contributed by atoms with Crippen molar-refractivity contribution in [3.8, 4) is 11.1 Å². The molecule has 3 heteroatoms. The van der Waals surface area contributed by atoms with Crippen LogP contribution in [0.2, 0.25) is 0 Å². The second kappa shape index (κ2) is 8.20. The molecule has 0 N–H and O–H groups in total. The van der Waals surface area contributed by atoms with E-state index in [1.807, 2.05) is 36.4 Å². The summed E-state index contributed by atoms with van der Waals surface area (Å²) in [5.74, 6) is -0.293. The lowest BCUT2D eigenvalue weighted by molar-refractivity contribution is 0.0498. The quantitative estimate of drug-likeness (QED) is 0.555. The molecule has 0 saturated heterocycles. The molecular weight excluding hydrogens is 262 g/mol. The van der Waals surface area contributed by atoms with Gasteiger partial charge in [0.05, 0.1) is 12.2 Å². The first-order valence-electron chi connectivity index (χ1n) is 7.49. The second-order valence-corrected chi connectivity index (χ2v) is 4.98. The Morgan fingerprint density at radius 2 is 1.90 bits per heavy atom. The van der Waals surface area contributed by atoms with E-state index >= 15 is 0 Å². The molecule has 0 spiro atoms. The first-order chi connectivity index (χ1) is 10.3. The minimum absolute atomic E-state index is 0.293. The Morgan fingerprint density at radius 1 is 1.10 bits per heavy atom. The number of nitrogens with zero attached hydrogens (tertiary/aromatic N) is 1. The Hall–Kier alpha value is -2.16. The fourth-order valence-corrected chi connectivity index (χ4v) is 2.20. The van der Waals surface area contributed by atoms with Crippen LogP contribution in [0.5, 0.6) is 0 Å². The number of ether oxygens (including phenoxy) is 1. The Morgan fingerprint density at radius 3 is 2.67 bits per heavy atom. The highest BCUT2D eigenvalue weighted by Gasteiger charge is 2.13. The molecule has 110 valence electrons. The number of hydrogen-bond donors (Lipinski definition) is 0. The molecular formula is C18H21NO2. The lowest BCUT2D eigenvalue weighted by atomic mass is 10.0. The number of pyridine rings is 1. The topological polar surface area (TPSA) is 39.2 Å². The normalized spacial score (nSPS) is 10.3. The molecule has 0 aliphatic carbocycles. The lowest BCUT2D eigenvalue weighted by Crippen LogP contribution is -2.08. The highest BCUT2D eigenvalue weighted by atomic mass is 16.5. The molecule has 0 unspecified atom stereocenters. The number of aromatic nitrogens is 1. The van der Waals surface area contributed by atoms with Gasteiger partial charge in [0, 0.05) is 12.4 Å². The van der Waals surface area contributed by atoms with Crippen molar-refractivity contribution in [2.75, 3.05) is 6.61 Å². The van der Waals surface area contributed by atoms with Gasteiger partial charge in [-0.25, -0.2) is 4.79 Å². The molecule has 0 aliphatic rings. The first kappa shape index (κ1) is 15.2. The van der Waals surface area contributed by atoms with Crippen LogP contribution in [-0.2, 0) is 4.74 Å². The fraction of sp³-hybridized carbons (Fsp3) is 0.333. The van der Waals surface area contributed by atoms with Gasteiger partial charge in [0.25, 0.3) is 0 Å². The van der Waals surface area contributed by atoms with Crippen LogP contribution in [0.1, 0.15) is 43.0 Å². The summed E-state index contributed by atoms with van der Waals surface area (Å²) < 4.78 is 5.36. The highest BCUT2D eigenvalue weighted by Crippen LogP contribution is 2.23. The lowest BCUT2D eigenvalue weighted by Gasteiger charge is -2.09. The first-order valence-corrected chi connectivity index (χ1v) is 7.49. The average Bonchev–Trinajstić information content (AvgIpc) is 2.55. The molecule has 2 rings (SSSR count). The molecule has 1 aromatic heterocycles. The van der Waals surface area contributed by atoms with Gasteiger partial charge < -0.3 is 4.74 Å². The molecule has 0 radical (unpaired) electrons. The molecule has 1 heterocycles. The number of hydrogen-bond acceptors (Lipinski definition) is 3. The van der Waals surface area contributed by atoms with Gasteiger partial charge in [-0.2, -0.15) is 0 Å². The summed E-state index contributed by atoms with van der Waals surface area (Å²) in [7, 11) is 0. The van der Waals surface area contributed by atoms with Crippen LogP contribution in [0.3, 0.4) is 0 Å². The van der Waals surface area contributed by atoms with E-state index in [1.165, 1.54) is 12.8 Å². The maximum absolute atomic E-state index is 12.2. The van der Waals surface area contributed by atoms with Gasteiger partial charge in [-0.05, 0) is 23.6 Å². The zero-order valence-corrected chi connectivity index (χ0v) is 12.4. The van der Waals surface area contributed by atoms with Crippen molar-refractivity contribution in [1.29, 1.82) is 0 Å². The van der Waals surface area contributed by atoms with Gasteiger partial charge in [-0.3, -0.25) is 4.98 Å². The molecule has 0 fully saturated rings. The molecule has 0 aliphatic heterocycles. The molecule has 1 aromatic carbocycles. The van der Waals surface area contributed by atoms with Crippen molar-refractivity contribution in [1.82, 2.24) is 4.98 Å². The summed E-state index contributed by atoms with van der Waals surface area (Å²) in [4.78, 5) is 16.3. The van der Waals surface area contributed by atoms with Crippen molar-refractivity contribution >= 4 is 5.97 Å². The summed E-state index contributed by atoms with van der Waals surface area (Å²) in [5, 5.41) is 0. The zero-order chi connectivity index (χ0) is 14.9. The summed E-state index contributed by atoms with van der Waals surface area (Å²) in [6.07, 6.45) is 7.65. The van der Waals surface area contributed by atoms with Gasteiger partial charge in [-0.1, -0.05) is 56.5 Å². The third-order valence-corrected chi connectivity index (χ3v) is 3.36. The molecule has 21 heavy (non-hydrogen) atoms. The molecule has 0 bridgehead atoms. The summed E-state index contributed by atoms with van der Waals surface area (Å²) in [6, 6.07) is 11.7. The van der Waals surface area contributed by atoms with Gasteiger partial charge >= 0.3 is 5.97 Å². The van der Waals surface area contributed by atoms with Crippen LogP contribution in [0, 0.1) is 0 Å². The predicted molar refractivity (Wildman–Crippen MR) is 84.1 cm³/mol. The molecule has 2 aromatic rings. The number of esters is 1. The second-order valence-electron chi connectivity index (χ2n) is 4.98. The van der Waals surface area contributed by atoms with Crippen molar-refractivity contribution in [2.24, 2.45) is 0 Å². The van der Waals surface area contributed by atoms with E-state index in [2.05, 4.69) is 11.9 Å². The van der Waals surface area contributed by atoms with Gasteiger partial charge in [0.1, 0.15) is 0 Å². The Kier molecular flexibility index (Phi) is 5.95. The van der Waals surface area contributed by atoms with Gasteiger partial charge in [0.2, 0.25) is 0 Å². The Labute approximate surface area is 126 Å². The van der Waals surface area contributed by atoms with E-state index in [1.54, 1.807) is 12.4 Å². The van der Waals surface area contributed by atoms with Crippen molar-refractivity contribution in [3.63, 3.8) is 0 Å². The summed E-state index contributed by atoms with van der Waals surface area (Å²) in [6.45, 7) is 2.63. The monoisotopic (exact) mass is 283 g/mol. The summed E-state index contributed by atoms with van der Waals surface area (Å²) >= 11 is 0. The Bertz CT molecular complexity index is 566. The number of carbonyl (C=O) groups excluding carboxylic acids is 1. The molecule has 3 nitrogen and oxygen atoms in total. The van der Waals surface area contributed by atoms with E-state index in [4.69, 9.17) is 4.74 Å². The fourth-order valence-electron chi connectivity index (χ4n) is 2.20. The van der Waals surface area contributed by atoms with E-state index in [9.17, 15) is 4.79 Å². The standard InChI is InChI=1S/C18H21NO2/c1-2-3-4-8-13-21-18(20)17-14-19-12-11-16(17)15-9-6-5-7-10-15/h5-7,9-12,14H,2-4,8,13H2,1H3. The van der Waals surface area contributed by atoms with Crippen LogP contribution >= 0.6 is 0 Å². The highest BCUT2D eigenvalue weighted by molar-refractivity contribution is 5.96. The van der Waals surface area contributed by atoms with Crippen LogP contribution < -0.4 is 0 Å². The van der Waals surface area contributed by atoms with Crippen molar-refractivity contribution in [3.05, 3.63) is 54.4 Å². The van der Waals surface area contributed by atoms with Gasteiger partial charge in [-0.15, -0.1) is 0 Å². The minimum atomic E-state index is -0.293. The number of rotatable bonds is 7. The average molecular weight is 283 g/mol. The van der Waals surface area contributed by atoms with Gasteiger partial charge in [0.15, 0.2) is 0 Å². The number of unbranched alkanes of at least 4 members (excludes halogenated alkanes) is 3. The zero-order valence-electron chi connectivity index (χ0n) is 12.4. The third-order valence-electron chi connectivity index (χ3n) is 3.36. The van der Waals surface area contributed by atoms with E-state index in [-0.39, 0.29) is 5.97 Å². The predicted octanol–water partition coefficient (Wildman–Crippen LogP) is 4.49. The number of benzene rings is 1. The Balaban J connectivity index is 2.04. The largest absolute Gasteiger partial charge is 0.462 e. The van der Waals surface area contributed by atoms with Crippen molar-refractivity contribution < 1.29 is 9.53 Å². The van der Waals surface area contributed by atoms with E-state index in [0.717, 1.165) is 24.0 Å². The summed E-state index contributed by atoms with van der Waals surface area (Å²) in [5.41, 5.74) is 2.39. The molecule has 0 amide bonds. The van der Waals surface area contributed by atoms with Crippen LogP contribution in [-0.4, -0.2) is 17.6 Å². The van der Waals surface area contributed by atoms with Crippen LogP contribution in [0.25, 0.3) is 11.1 Å². The maximum atomic E-state index is 12.2. The van der Waals surface area contributed by atoms with E-state index in [0.29, 0.717) is 12.2 Å². The minimum Gasteiger partial charge on any atom is -0.462 e. The van der Waals surface area contributed by atoms with E-state index < -0.39 is 0 Å². The molecule has 0 atom stereocenters. The SMILES string of the molecule is CCCCCCOC(=O)c1cnccc1-c1ccccc1. The van der Waals surface area contributed by atoms with Crippen LogP contribution in [0.4, 0.5) is 0 Å². The van der Waals surface area contributed by atoms with Crippen molar-refractivity contribution in [2.45, 2.75) is 32.6 Å². The third kappa shape index (κ3) is 4.42. The maximum Gasteiger partial charge on any atom is 0.340 e. The van der Waals surface area contributed by atoms with Crippen LogP contribution in [0.15, 0.2) is 48.8 Å². The molecule has 0 saturated carbocycles. The number of carbonyl (C=O) groups is 1.